The lowest BCUT2D eigenvalue weighted by Gasteiger charge is -2.63. The normalized spacial score (nSPS) is 23.4. The summed E-state index contributed by atoms with van der Waals surface area (Å²) in [4.78, 5) is 28.9. The van der Waals surface area contributed by atoms with Crippen molar-refractivity contribution in [2.24, 2.45) is 5.41 Å². The van der Waals surface area contributed by atoms with Gasteiger partial charge in [-0.2, -0.15) is 0 Å². The highest BCUT2D eigenvalue weighted by molar-refractivity contribution is 6.31. The van der Waals surface area contributed by atoms with E-state index >= 15 is 8.78 Å². The molecule has 48 heavy (non-hydrogen) atoms. The van der Waals surface area contributed by atoms with Gasteiger partial charge < -0.3 is 10.1 Å². The second-order valence-corrected chi connectivity index (χ2v) is 13.9. The van der Waals surface area contributed by atoms with Crippen LogP contribution in [0.5, 0.6) is 0 Å². The lowest BCUT2D eigenvalue weighted by molar-refractivity contribution is -0.164. The van der Waals surface area contributed by atoms with E-state index in [1.165, 1.54) is 0 Å². The molecule has 2 aliphatic heterocycles. The Balaban J connectivity index is 1.56. The highest BCUT2D eigenvalue weighted by Crippen LogP contribution is 2.72. The first-order chi connectivity index (χ1) is 23.1. The van der Waals surface area contributed by atoms with Crippen molar-refractivity contribution >= 4 is 41.3 Å². The first-order valence-electron chi connectivity index (χ1n) is 15.5. The van der Waals surface area contributed by atoms with Crippen molar-refractivity contribution in [3.63, 3.8) is 0 Å². The zero-order valence-electron chi connectivity index (χ0n) is 25.4. The fourth-order valence-electron chi connectivity index (χ4n) is 8.82. The van der Waals surface area contributed by atoms with E-state index in [1.54, 1.807) is 54.6 Å². The molecule has 0 aromatic heterocycles. The van der Waals surface area contributed by atoms with Gasteiger partial charge >= 0.3 is 0 Å². The fraction of sp³-hybridized carbons (Fsp3) is 0.297. The van der Waals surface area contributed by atoms with Gasteiger partial charge in [0.1, 0.15) is 23.2 Å². The number of hydrogen-bond donors (Lipinski definition) is 1. The summed E-state index contributed by atoms with van der Waals surface area (Å²) < 4.78 is 66.9. The number of likely N-dealkylation sites (tertiary alicyclic amines) is 1. The average Bonchev–Trinajstić information content (AvgIpc) is 3.53. The van der Waals surface area contributed by atoms with Gasteiger partial charge in [0.2, 0.25) is 5.91 Å². The Hall–Kier alpha value is -3.92. The van der Waals surface area contributed by atoms with Crippen molar-refractivity contribution in [1.82, 2.24) is 4.90 Å². The Morgan fingerprint density at radius 3 is 2.19 bits per heavy atom. The number of alkyl halides is 2. The first kappa shape index (κ1) is 32.6. The molecule has 4 aromatic carbocycles. The van der Waals surface area contributed by atoms with Crippen LogP contribution in [0.2, 0.25) is 10.0 Å². The zero-order chi connectivity index (χ0) is 33.8. The molecule has 4 atom stereocenters. The fourth-order valence-corrected chi connectivity index (χ4v) is 9.20. The lowest BCUT2D eigenvalue weighted by Crippen LogP contribution is -2.71. The molecule has 0 unspecified atom stereocenters. The third-order valence-electron chi connectivity index (χ3n) is 10.6. The van der Waals surface area contributed by atoms with E-state index in [4.69, 9.17) is 27.9 Å². The van der Waals surface area contributed by atoms with Crippen molar-refractivity contribution in [2.75, 3.05) is 25.2 Å². The summed E-state index contributed by atoms with van der Waals surface area (Å²) in [5.41, 5.74) is -2.59. The molecule has 0 bridgehead atoms. The Labute approximate surface area is 284 Å². The van der Waals surface area contributed by atoms with Crippen LogP contribution in [0.15, 0.2) is 91.0 Å². The Morgan fingerprint density at radius 2 is 1.56 bits per heavy atom. The molecule has 1 saturated heterocycles. The van der Waals surface area contributed by atoms with Crippen LogP contribution in [0.1, 0.15) is 53.2 Å². The van der Waals surface area contributed by atoms with Crippen LogP contribution in [-0.2, 0) is 19.7 Å². The van der Waals surface area contributed by atoms with Gasteiger partial charge in [0.25, 0.3) is 6.47 Å². The molecule has 1 aliphatic carbocycles. The molecule has 4 aromatic rings. The standard InChI is InChI=1S/C37H30Cl2F4N2O3/c38-24-11-12-27-30(13-24)44-34(47)37(27)28(26-14-25(42)15-29(39)31(26)43)16-45(36(37)17-35(18-36,19-40)20-41)32(22-7-3-1-4-8-22)33(48-21-46)23-9-5-2-6-10-23/h1-15,21,28,32-33H,16-20H2,(H,44,47)/t28-,32-,33+,37+/m1/s1. The number of amides is 1. The number of hydrogen-bond acceptors (Lipinski definition) is 4. The number of rotatable bonds is 9. The average molecular weight is 698 g/mol. The van der Waals surface area contributed by atoms with Crippen LogP contribution in [-0.4, -0.2) is 42.7 Å². The highest BCUT2D eigenvalue weighted by atomic mass is 35.5. The Kier molecular flexibility index (Phi) is 8.29. The molecule has 5 nitrogen and oxygen atoms in total. The molecule has 2 fully saturated rings. The summed E-state index contributed by atoms with van der Waals surface area (Å²) in [6.45, 7) is -1.76. The van der Waals surface area contributed by atoms with Gasteiger partial charge in [0, 0.05) is 34.1 Å². The maximum atomic E-state index is 16.2. The molecule has 11 heteroatoms. The largest absolute Gasteiger partial charge is 0.458 e. The minimum Gasteiger partial charge on any atom is -0.458 e. The van der Waals surface area contributed by atoms with Gasteiger partial charge in [-0.1, -0.05) is 89.9 Å². The summed E-state index contributed by atoms with van der Waals surface area (Å²) in [5.74, 6) is -3.37. The smallest absolute Gasteiger partial charge is 0.293 e. The molecule has 2 heterocycles. The summed E-state index contributed by atoms with van der Waals surface area (Å²) in [6.07, 6.45) is -1.26. The summed E-state index contributed by atoms with van der Waals surface area (Å²) in [5, 5.41) is 2.78. The molecule has 2 spiro atoms. The van der Waals surface area contributed by atoms with Crippen LogP contribution in [0.4, 0.5) is 23.2 Å². The predicted octanol–water partition coefficient (Wildman–Crippen LogP) is 8.67. The van der Waals surface area contributed by atoms with Crippen LogP contribution in [0, 0.1) is 17.0 Å². The molecule has 3 aliphatic rings. The molecule has 0 radical (unpaired) electrons. The number of anilines is 1. The highest BCUT2D eigenvalue weighted by Gasteiger charge is 2.78. The molecule has 1 saturated carbocycles. The zero-order valence-corrected chi connectivity index (χ0v) is 27.0. The SMILES string of the molecule is O=CO[C@@H](c1ccccc1)[C@@H](c1ccccc1)N1C[C@H](c2cc(F)cc(Cl)c2F)[C@@]2(C(=O)Nc3cc(Cl)ccc32)C12CC(CF)(CF)C2. The maximum absolute atomic E-state index is 16.2. The summed E-state index contributed by atoms with van der Waals surface area (Å²) >= 11 is 12.6. The number of ether oxygens (including phenoxy) is 1. The van der Waals surface area contributed by atoms with E-state index in [0.29, 0.717) is 33.9 Å². The maximum Gasteiger partial charge on any atom is 0.293 e. The van der Waals surface area contributed by atoms with E-state index in [-0.39, 0.29) is 24.9 Å². The lowest BCUT2D eigenvalue weighted by atomic mass is 9.45. The third-order valence-corrected chi connectivity index (χ3v) is 11.1. The van der Waals surface area contributed by atoms with Crippen LogP contribution >= 0.6 is 23.2 Å². The monoisotopic (exact) mass is 696 g/mol. The van der Waals surface area contributed by atoms with E-state index in [1.807, 2.05) is 29.2 Å². The van der Waals surface area contributed by atoms with E-state index < -0.39 is 70.3 Å². The van der Waals surface area contributed by atoms with Gasteiger partial charge in [-0.25, -0.2) is 8.78 Å². The van der Waals surface area contributed by atoms with Crippen LogP contribution in [0.25, 0.3) is 0 Å². The Bertz CT molecular complexity index is 1870. The number of carbonyl (C=O) groups excluding carboxylic acids is 2. The summed E-state index contributed by atoms with van der Waals surface area (Å²) in [6, 6.07) is 23.9. The molecule has 1 amide bonds. The second kappa shape index (κ2) is 12.2. The van der Waals surface area contributed by atoms with Gasteiger partial charge in [0.15, 0.2) is 0 Å². The number of carbonyl (C=O) groups is 2. The minimum absolute atomic E-state index is 0.0913. The molecule has 248 valence electrons. The van der Waals surface area contributed by atoms with Crippen LogP contribution < -0.4 is 5.32 Å². The minimum atomic E-state index is -1.70. The number of fused-ring (bicyclic) bond motifs is 3. The molecule has 1 N–H and O–H groups in total. The molecular formula is C37H30Cl2F4N2O3. The van der Waals surface area contributed by atoms with E-state index in [0.717, 1.165) is 12.1 Å². The van der Waals surface area contributed by atoms with Crippen molar-refractivity contribution in [1.29, 1.82) is 0 Å². The molecular weight excluding hydrogens is 667 g/mol. The van der Waals surface area contributed by atoms with Crippen molar-refractivity contribution in [3.8, 4) is 0 Å². The van der Waals surface area contributed by atoms with E-state index in [2.05, 4.69) is 5.32 Å². The van der Waals surface area contributed by atoms with Crippen molar-refractivity contribution < 1.29 is 31.9 Å². The van der Waals surface area contributed by atoms with Gasteiger partial charge in [-0.05, 0) is 59.4 Å². The van der Waals surface area contributed by atoms with Gasteiger partial charge in [0.05, 0.1) is 24.4 Å². The van der Waals surface area contributed by atoms with Gasteiger partial charge in [-0.15, -0.1) is 0 Å². The van der Waals surface area contributed by atoms with E-state index in [9.17, 15) is 18.4 Å². The predicted molar refractivity (Wildman–Crippen MR) is 174 cm³/mol. The van der Waals surface area contributed by atoms with Gasteiger partial charge in [-0.3, -0.25) is 23.3 Å². The van der Waals surface area contributed by atoms with Crippen molar-refractivity contribution in [3.05, 3.63) is 135 Å². The second-order valence-electron chi connectivity index (χ2n) is 13.0. The van der Waals surface area contributed by atoms with Crippen LogP contribution in [0.3, 0.4) is 0 Å². The number of benzene rings is 4. The number of nitrogens with one attached hydrogen (secondary N) is 1. The van der Waals surface area contributed by atoms with Crippen molar-refractivity contribution in [2.45, 2.75) is 41.9 Å². The number of halogens is 6. The topological polar surface area (TPSA) is 58.6 Å². The quantitative estimate of drug-likeness (QED) is 0.108. The number of nitrogens with zero attached hydrogens (tertiary/aromatic N) is 1. The third kappa shape index (κ3) is 4.69. The first-order valence-corrected chi connectivity index (χ1v) is 16.2. The molecule has 7 rings (SSSR count). The summed E-state index contributed by atoms with van der Waals surface area (Å²) in [7, 11) is 0. The Morgan fingerprint density at radius 1 is 0.917 bits per heavy atom.